The first-order valence-electron chi connectivity index (χ1n) is 24.0. The molecule has 0 amide bonds. The van der Waals surface area contributed by atoms with Gasteiger partial charge in [-0.15, -0.1) is 0 Å². The lowest BCUT2D eigenvalue weighted by molar-refractivity contribution is -0.167. The van der Waals surface area contributed by atoms with E-state index in [0.29, 0.717) is 12.8 Å². The Kier molecular flexibility index (Phi) is 45.1. The summed E-state index contributed by atoms with van der Waals surface area (Å²) in [6.45, 7) is 6.23. The fraction of sp³-hybridized carbons (Fsp3) is 0.582. The topological polar surface area (TPSA) is 78.9 Å². The molecule has 0 saturated carbocycles. The molecule has 0 fully saturated rings. The molecule has 0 aromatic heterocycles. The van der Waals surface area contributed by atoms with Gasteiger partial charge < -0.3 is 14.2 Å². The van der Waals surface area contributed by atoms with E-state index in [4.69, 9.17) is 14.2 Å². The molecule has 0 aliphatic carbocycles. The van der Waals surface area contributed by atoms with Crippen LogP contribution in [0.25, 0.3) is 0 Å². The van der Waals surface area contributed by atoms with Crippen LogP contribution in [0.1, 0.15) is 188 Å². The minimum atomic E-state index is -0.805. The predicted molar refractivity (Wildman–Crippen MR) is 260 cm³/mol. The molecule has 6 heteroatoms. The van der Waals surface area contributed by atoms with Gasteiger partial charge in [0, 0.05) is 19.3 Å². The quantitative estimate of drug-likeness (QED) is 0.0264. The summed E-state index contributed by atoms with van der Waals surface area (Å²) in [5.41, 5.74) is 0. The van der Waals surface area contributed by atoms with Crippen LogP contribution in [-0.4, -0.2) is 37.2 Å². The number of rotatable bonds is 41. The maximum atomic E-state index is 12.7. The van der Waals surface area contributed by atoms with Crippen molar-refractivity contribution in [2.45, 2.75) is 194 Å². The molecule has 1 atom stereocenters. The van der Waals surface area contributed by atoms with Crippen LogP contribution >= 0.6 is 0 Å². The fourth-order valence-electron chi connectivity index (χ4n) is 5.90. The minimum Gasteiger partial charge on any atom is -0.462 e. The van der Waals surface area contributed by atoms with Crippen molar-refractivity contribution in [1.82, 2.24) is 0 Å². The van der Waals surface area contributed by atoms with Crippen molar-refractivity contribution in [3.05, 3.63) is 122 Å². The summed E-state index contributed by atoms with van der Waals surface area (Å²) in [5, 5.41) is 0. The lowest BCUT2D eigenvalue weighted by Crippen LogP contribution is -2.30. The molecule has 0 aliphatic rings. The Morgan fingerprint density at radius 1 is 0.344 bits per heavy atom. The van der Waals surface area contributed by atoms with Crippen molar-refractivity contribution in [1.29, 1.82) is 0 Å². The van der Waals surface area contributed by atoms with Gasteiger partial charge in [0.05, 0.1) is 0 Å². The second-order valence-corrected chi connectivity index (χ2v) is 15.3. The molecule has 61 heavy (non-hydrogen) atoms. The summed E-state index contributed by atoms with van der Waals surface area (Å²) >= 11 is 0. The van der Waals surface area contributed by atoms with Crippen molar-refractivity contribution in [2.24, 2.45) is 0 Å². The number of ether oxygens (including phenoxy) is 3. The van der Waals surface area contributed by atoms with E-state index in [1.165, 1.54) is 0 Å². The third-order valence-electron chi connectivity index (χ3n) is 9.46. The Bertz CT molecular complexity index is 1340. The lowest BCUT2D eigenvalue weighted by Gasteiger charge is -2.18. The Hall–Kier alpha value is -4.19. The zero-order chi connectivity index (χ0) is 44.4. The van der Waals surface area contributed by atoms with E-state index in [1.54, 1.807) is 0 Å². The van der Waals surface area contributed by atoms with Gasteiger partial charge in [0.2, 0.25) is 0 Å². The second-order valence-electron chi connectivity index (χ2n) is 15.3. The summed E-state index contributed by atoms with van der Waals surface area (Å²) in [7, 11) is 0. The number of carbonyl (C=O) groups is 3. The third kappa shape index (κ3) is 46.7. The van der Waals surface area contributed by atoms with Crippen LogP contribution in [0.3, 0.4) is 0 Å². The maximum absolute atomic E-state index is 12.7. The first kappa shape index (κ1) is 56.8. The van der Waals surface area contributed by atoms with Crippen LogP contribution in [0.15, 0.2) is 122 Å². The maximum Gasteiger partial charge on any atom is 0.306 e. The highest BCUT2D eigenvalue weighted by Crippen LogP contribution is 2.11. The summed E-state index contributed by atoms with van der Waals surface area (Å²) in [4.78, 5) is 37.5. The van der Waals surface area contributed by atoms with Crippen LogP contribution in [-0.2, 0) is 28.6 Å². The van der Waals surface area contributed by atoms with Crippen molar-refractivity contribution >= 4 is 17.9 Å². The number of hydrogen-bond donors (Lipinski definition) is 0. The van der Waals surface area contributed by atoms with Crippen molar-refractivity contribution in [3.8, 4) is 0 Å². The van der Waals surface area contributed by atoms with Gasteiger partial charge >= 0.3 is 17.9 Å². The number of hydrogen-bond acceptors (Lipinski definition) is 6. The van der Waals surface area contributed by atoms with Crippen molar-refractivity contribution in [3.63, 3.8) is 0 Å². The highest BCUT2D eigenvalue weighted by atomic mass is 16.6. The van der Waals surface area contributed by atoms with E-state index in [2.05, 4.69) is 142 Å². The average Bonchev–Trinajstić information content (AvgIpc) is 3.26. The van der Waals surface area contributed by atoms with E-state index < -0.39 is 6.10 Å². The van der Waals surface area contributed by atoms with E-state index >= 15 is 0 Å². The molecule has 1 unspecified atom stereocenters. The molecule has 0 heterocycles. The fourth-order valence-corrected chi connectivity index (χ4v) is 5.90. The molecule has 0 rings (SSSR count). The number of unbranched alkanes of at least 4 members (excludes halogenated alkanes) is 10. The molecule has 0 spiro atoms. The first-order valence-corrected chi connectivity index (χ1v) is 24.0. The van der Waals surface area contributed by atoms with Crippen LogP contribution < -0.4 is 0 Å². The van der Waals surface area contributed by atoms with Crippen LogP contribution in [0.2, 0.25) is 0 Å². The smallest absolute Gasteiger partial charge is 0.306 e. The van der Waals surface area contributed by atoms with E-state index in [9.17, 15) is 14.4 Å². The molecule has 0 bridgehead atoms. The molecule has 6 nitrogen and oxygen atoms in total. The molecule has 0 saturated heterocycles. The summed E-state index contributed by atoms with van der Waals surface area (Å²) in [6, 6.07) is 0. The highest BCUT2D eigenvalue weighted by Gasteiger charge is 2.19. The lowest BCUT2D eigenvalue weighted by atomic mass is 10.1. The molecule has 342 valence electrons. The predicted octanol–water partition coefficient (Wildman–Crippen LogP) is 15.7. The SMILES string of the molecule is CC/C=C\C/C=C\C/C=C\C/C=C\C/C=C\C/C=C\C/C=C\CCCCCC(=O)OCC(COC(=O)CCCCCCC)OC(=O)CCCCC/C=C\C/C=C\C/C=C\CC. The molecule has 0 aromatic carbocycles. The van der Waals surface area contributed by atoms with Crippen molar-refractivity contribution < 1.29 is 28.6 Å². The molecule has 0 aromatic rings. The number of allylic oxidation sites excluding steroid dienone is 20. The Morgan fingerprint density at radius 2 is 0.639 bits per heavy atom. The zero-order valence-corrected chi connectivity index (χ0v) is 38.9. The molecule has 0 N–H and O–H groups in total. The van der Waals surface area contributed by atoms with Gasteiger partial charge in [0.15, 0.2) is 6.10 Å². The molecular weight excluding hydrogens is 757 g/mol. The Balaban J connectivity index is 4.29. The monoisotopic (exact) mass is 843 g/mol. The standard InChI is InChI=1S/C55H86O6/c1-4-7-10-13-15-17-19-21-22-23-24-25-26-27-28-29-30-31-32-34-35-37-39-42-45-48-54(57)60-51-52(50-59-53(56)47-44-41-12-9-6-3)61-55(58)49-46-43-40-38-36-33-20-18-16-14-11-8-5-2/h7-8,10-11,15-18,21-22,24-25,27-28,30-31,33-36,52H,4-6,9,12-14,19-20,23,26,29,32,37-51H2,1-3H3/b10-7-,11-8-,17-15-,18-16-,22-21-,25-24-,28-27-,31-30-,35-34-,36-33-. The number of carbonyl (C=O) groups excluding carboxylic acids is 3. The largest absolute Gasteiger partial charge is 0.462 e. The van der Waals surface area contributed by atoms with E-state index in [1.807, 2.05) is 0 Å². The molecule has 0 aliphatic heterocycles. The van der Waals surface area contributed by atoms with Crippen LogP contribution in [0.4, 0.5) is 0 Å². The van der Waals surface area contributed by atoms with E-state index in [0.717, 1.165) is 148 Å². The first-order chi connectivity index (χ1) is 30.0. The summed E-state index contributed by atoms with van der Waals surface area (Å²) in [6.07, 6.45) is 66.5. The normalized spacial score (nSPS) is 13.2. The average molecular weight is 843 g/mol. The second kappa shape index (κ2) is 48.5. The van der Waals surface area contributed by atoms with Gasteiger partial charge in [-0.2, -0.15) is 0 Å². The molecular formula is C55H86O6. The van der Waals surface area contributed by atoms with Crippen LogP contribution in [0.5, 0.6) is 0 Å². The van der Waals surface area contributed by atoms with Gasteiger partial charge in [-0.25, -0.2) is 0 Å². The zero-order valence-electron chi connectivity index (χ0n) is 38.9. The summed E-state index contributed by atoms with van der Waals surface area (Å²) < 4.78 is 16.6. The van der Waals surface area contributed by atoms with Gasteiger partial charge in [0.1, 0.15) is 13.2 Å². The number of esters is 3. The van der Waals surface area contributed by atoms with Crippen LogP contribution in [0, 0.1) is 0 Å². The summed E-state index contributed by atoms with van der Waals surface area (Å²) in [5.74, 6) is -0.996. The van der Waals surface area contributed by atoms with Gasteiger partial charge in [0.25, 0.3) is 0 Å². The minimum absolute atomic E-state index is 0.105. The van der Waals surface area contributed by atoms with Crippen molar-refractivity contribution in [2.75, 3.05) is 13.2 Å². The Labute approximate surface area is 373 Å². The van der Waals surface area contributed by atoms with E-state index in [-0.39, 0.29) is 37.5 Å². The van der Waals surface area contributed by atoms with Gasteiger partial charge in [-0.1, -0.05) is 181 Å². The third-order valence-corrected chi connectivity index (χ3v) is 9.46. The van der Waals surface area contributed by atoms with Gasteiger partial charge in [-0.05, 0) is 109 Å². The highest BCUT2D eigenvalue weighted by molar-refractivity contribution is 5.71. The van der Waals surface area contributed by atoms with Gasteiger partial charge in [-0.3, -0.25) is 14.4 Å². The Morgan fingerprint density at radius 3 is 0.984 bits per heavy atom. The molecule has 0 radical (unpaired) electrons.